The van der Waals surface area contributed by atoms with Crippen molar-refractivity contribution in [3.05, 3.63) is 83.1 Å². The second-order valence-electron chi connectivity index (χ2n) is 8.48. The average Bonchev–Trinajstić information content (AvgIpc) is 2.82. The highest BCUT2D eigenvalue weighted by molar-refractivity contribution is 7.80. The van der Waals surface area contributed by atoms with Crippen LogP contribution in [-0.4, -0.2) is 23.4 Å². The SMILES string of the molecule is CCOc1cccc2c1O[C@]1(C)[C@@H](C(=O)Nc3ccc(Cl)cc3)[C@@H]2NC(=S)N1c1ccc(F)cc1. The van der Waals surface area contributed by atoms with Crippen LogP contribution in [0.1, 0.15) is 25.5 Å². The molecule has 35 heavy (non-hydrogen) atoms. The third kappa shape index (κ3) is 4.06. The monoisotopic (exact) mass is 511 g/mol. The van der Waals surface area contributed by atoms with Gasteiger partial charge >= 0.3 is 0 Å². The summed E-state index contributed by atoms with van der Waals surface area (Å²) >= 11 is 11.7. The number of thiocarbonyl (C=S) groups is 1. The van der Waals surface area contributed by atoms with E-state index >= 15 is 0 Å². The van der Waals surface area contributed by atoms with Gasteiger partial charge in [-0.2, -0.15) is 0 Å². The molecule has 0 unspecified atom stereocenters. The van der Waals surface area contributed by atoms with Crippen LogP contribution in [0, 0.1) is 11.7 Å². The lowest BCUT2D eigenvalue weighted by Gasteiger charge is -2.56. The average molecular weight is 512 g/mol. The molecule has 0 spiro atoms. The molecule has 5 rings (SSSR count). The number of amides is 1. The Morgan fingerprint density at radius 3 is 2.60 bits per heavy atom. The van der Waals surface area contributed by atoms with Gasteiger partial charge in [0.15, 0.2) is 22.3 Å². The molecular formula is C26H23ClFN3O3S. The predicted octanol–water partition coefficient (Wildman–Crippen LogP) is 5.68. The Morgan fingerprint density at radius 2 is 1.91 bits per heavy atom. The molecule has 0 aromatic heterocycles. The summed E-state index contributed by atoms with van der Waals surface area (Å²) in [6.45, 7) is 4.16. The molecule has 0 aliphatic carbocycles. The third-order valence-corrected chi connectivity index (χ3v) is 6.82. The first-order valence-corrected chi connectivity index (χ1v) is 12.0. The molecular weight excluding hydrogens is 489 g/mol. The van der Waals surface area contributed by atoms with Crippen molar-refractivity contribution < 1.29 is 18.7 Å². The number of halogens is 2. The quantitative estimate of drug-likeness (QED) is 0.430. The topological polar surface area (TPSA) is 62.8 Å². The van der Waals surface area contributed by atoms with E-state index in [9.17, 15) is 9.18 Å². The number of ether oxygens (including phenoxy) is 2. The van der Waals surface area contributed by atoms with E-state index in [4.69, 9.17) is 33.3 Å². The molecule has 2 N–H and O–H groups in total. The fraction of sp³-hybridized carbons (Fsp3) is 0.231. The Hall–Kier alpha value is -3.36. The summed E-state index contributed by atoms with van der Waals surface area (Å²) in [4.78, 5) is 15.5. The molecule has 2 heterocycles. The van der Waals surface area contributed by atoms with Gasteiger partial charge in [-0.3, -0.25) is 9.69 Å². The lowest BCUT2D eigenvalue weighted by molar-refractivity contribution is -0.130. The van der Waals surface area contributed by atoms with Crippen molar-refractivity contribution in [2.45, 2.75) is 25.6 Å². The van der Waals surface area contributed by atoms with Crippen LogP contribution in [0.4, 0.5) is 15.8 Å². The molecule has 2 aliphatic rings. The number of carbonyl (C=O) groups is 1. The van der Waals surface area contributed by atoms with Crippen LogP contribution in [0.2, 0.25) is 5.02 Å². The highest BCUT2D eigenvalue weighted by Gasteiger charge is 2.59. The number of nitrogens with one attached hydrogen (secondary N) is 2. The first-order valence-electron chi connectivity index (χ1n) is 11.2. The lowest BCUT2D eigenvalue weighted by atomic mass is 9.78. The Bertz CT molecular complexity index is 1290. The number of benzene rings is 3. The molecule has 3 aromatic carbocycles. The Balaban J connectivity index is 1.63. The van der Waals surface area contributed by atoms with Crippen molar-refractivity contribution >= 4 is 46.2 Å². The number of hydrogen-bond donors (Lipinski definition) is 2. The zero-order valence-electron chi connectivity index (χ0n) is 19.0. The van der Waals surface area contributed by atoms with Crippen LogP contribution < -0.4 is 25.0 Å². The van der Waals surface area contributed by atoms with Gasteiger partial charge in [-0.25, -0.2) is 4.39 Å². The van der Waals surface area contributed by atoms with Crippen LogP contribution in [0.3, 0.4) is 0 Å². The number of carbonyl (C=O) groups excluding carboxylic acids is 1. The van der Waals surface area contributed by atoms with Gasteiger partial charge in [0.2, 0.25) is 5.91 Å². The number of hydrogen-bond acceptors (Lipinski definition) is 4. The molecule has 9 heteroatoms. The van der Waals surface area contributed by atoms with Gasteiger partial charge < -0.3 is 20.1 Å². The van der Waals surface area contributed by atoms with E-state index < -0.39 is 17.7 Å². The highest BCUT2D eigenvalue weighted by atomic mass is 35.5. The third-order valence-electron chi connectivity index (χ3n) is 6.27. The van der Waals surface area contributed by atoms with Gasteiger partial charge in [0, 0.05) is 22.0 Å². The van der Waals surface area contributed by atoms with Crippen molar-refractivity contribution in [2.24, 2.45) is 5.92 Å². The molecule has 1 fully saturated rings. The zero-order valence-corrected chi connectivity index (χ0v) is 20.6. The number of nitrogens with zero attached hydrogens (tertiary/aromatic N) is 1. The van der Waals surface area contributed by atoms with Crippen molar-refractivity contribution in [3.8, 4) is 11.5 Å². The lowest BCUT2D eigenvalue weighted by Crippen LogP contribution is -2.72. The summed E-state index contributed by atoms with van der Waals surface area (Å²) in [6, 6.07) is 17.9. The molecule has 3 atom stereocenters. The maximum atomic E-state index is 13.8. The van der Waals surface area contributed by atoms with E-state index in [0.29, 0.717) is 39.6 Å². The van der Waals surface area contributed by atoms with Crippen molar-refractivity contribution in [2.75, 3.05) is 16.8 Å². The molecule has 1 amide bonds. The number of fused-ring (bicyclic) bond motifs is 4. The molecule has 1 saturated heterocycles. The molecule has 2 aliphatic heterocycles. The van der Waals surface area contributed by atoms with Gasteiger partial charge in [0.05, 0.1) is 12.6 Å². The summed E-state index contributed by atoms with van der Waals surface area (Å²) in [7, 11) is 0. The Labute approximate surface area is 213 Å². The second kappa shape index (κ2) is 9.02. The fourth-order valence-corrected chi connectivity index (χ4v) is 5.31. The van der Waals surface area contributed by atoms with Crippen molar-refractivity contribution in [1.29, 1.82) is 0 Å². The van der Waals surface area contributed by atoms with Crippen LogP contribution in [0.5, 0.6) is 11.5 Å². The van der Waals surface area contributed by atoms with Gasteiger partial charge in [0.25, 0.3) is 0 Å². The number of para-hydroxylation sites is 1. The summed E-state index contributed by atoms with van der Waals surface area (Å²) < 4.78 is 26.2. The molecule has 2 bridgehead atoms. The first kappa shape index (κ1) is 23.4. The minimum Gasteiger partial charge on any atom is -0.490 e. The smallest absolute Gasteiger partial charge is 0.236 e. The minimum absolute atomic E-state index is 0.269. The maximum Gasteiger partial charge on any atom is 0.236 e. The largest absolute Gasteiger partial charge is 0.490 e. The van der Waals surface area contributed by atoms with Crippen molar-refractivity contribution in [3.63, 3.8) is 0 Å². The van der Waals surface area contributed by atoms with Gasteiger partial charge in [-0.1, -0.05) is 23.7 Å². The molecule has 0 saturated carbocycles. The molecule has 180 valence electrons. The number of rotatable bonds is 5. The maximum absolute atomic E-state index is 13.8. The second-order valence-corrected chi connectivity index (χ2v) is 9.30. The van der Waals surface area contributed by atoms with E-state index in [-0.39, 0.29) is 11.7 Å². The van der Waals surface area contributed by atoms with E-state index in [1.165, 1.54) is 12.1 Å². The zero-order chi connectivity index (χ0) is 24.7. The van der Waals surface area contributed by atoms with Crippen molar-refractivity contribution in [1.82, 2.24) is 5.32 Å². The van der Waals surface area contributed by atoms with E-state index in [2.05, 4.69) is 10.6 Å². The van der Waals surface area contributed by atoms with Gasteiger partial charge in [0.1, 0.15) is 11.7 Å². The highest BCUT2D eigenvalue weighted by Crippen LogP contribution is 2.52. The Morgan fingerprint density at radius 1 is 1.20 bits per heavy atom. The fourth-order valence-electron chi connectivity index (χ4n) is 4.77. The normalized spacial score (nSPS) is 22.5. The molecule has 0 radical (unpaired) electrons. The molecule has 6 nitrogen and oxygen atoms in total. The summed E-state index contributed by atoms with van der Waals surface area (Å²) in [5.41, 5.74) is 0.713. The number of anilines is 2. The summed E-state index contributed by atoms with van der Waals surface area (Å²) in [5.74, 6) is -0.266. The van der Waals surface area contributed by atoms with Crippen LogP contribution in [0.15, 0.2) is 66.7 Å². The Kier molecular flexibility index (Phi) is 6.02. The van der Waals surface area contributed by atoms with Crippen LogP contribution >= 0.6 is 23.8 Å². The standard InChI is InChI=1S/C26H23ClFN3O3S/c1-3-33-20-6-4-5-19-22-21(24(32)29-17-11-7-15(27)8-12-17)26(2,34-23(19)20)31(25(35)30-22)18-13-9-16(28)10-14-18/h4-14,21-22H,3H2,1-2H3,(H,29,32)(H,30,35)/t21-,22-,26-/m1/s1. The van der Waals surface area contributed by atoms with Gasteiger partial charge in [-0.15, -0.1) is 0 Å². The predicted molar refractivity (Wildman–Crippen MR) is 138 cm³/mol. The molecule has 3 aromatic rings. The van der Waals surface area contributed by atoms with E-state index in [0.717, 1.165) is 5.56 Å². The summed E-state index contributed by atoms with van der Waals surface area (Å²) in [5, 5.41) is 7.25. The van der Waals surface area contributed by atoms with Gasteiger partial charge in [-0.05, 0) is 80.7 Å². The van der Waals surface area contributed by atoms with E-state index in [1.54, 1.807) is 41.3 Å². The van der Waals surface area contributed by atoms with Crippen LogP contribution in [-0.2, 0) is 4.79 Å². The first-order chi connectivity index (χ1) is 16.8. The van der Waals surface area contributed by atoms with E-state index in [1.807, 2.05) is 32.0 Å². The minimum atomic E-state index is -1.25. The summed E-state index contributed by atoms with van der Waals surface area (Å²) in [6.07, 6.45) is 0. The van der Waals surface area contributed by atoms with Crippen LogP contribution in [0.25, 0.3) is 0 Å².